The van der Waals surface area contributed by atoms with Gasteiger partial charge in [0.05, 0.1) is 17.8 Å². The van der Waals surface area contributed by atoms with Gasteiger partial charge in [0.2, 0.25) is 0 Å². The number of anilines is 1. The van der Waals surface area contributed by atoms with Crippen molar-refractivity contribution in [1.29, 1.82) is 0 Å². The first-order valence-corrected chi connectivity index (χ1v) is 9.36. The zero-order valence-corrected chi connectivity index (χ0v) is 15.5. The molecular formula is C17H24N6OS. The number of nitrogens with zero attached hydrogens (tertiary/aromatic N) is 5. The summed E-state index contributed by atoms with van der Waals surface area (Å²) < 4.78 is 4.21. The van der Waals surface area contributed by atoms with Crippen molar-refractivity contribution in [3.63, 3.8) is 0 Å². The Bertz CT molecular complexity index is 733. The second-order valence-electron chi connectivity index (χ2n) is 6.50. The standard InChI is InChI=1S/C17H24N6OS/c1-12-14(11-25-21-12)17(24)23-8-3-4-13(6-9-23)22(2)10-16-19-7-5-15(18)20-16/h5,7,11,13H,3-4,6,8-10H2,1-2H3,(H2,18,19,20)/t13-/m1/s1. The van der Waals surface area contributed by atoms with E-state index in [0.29, 0.717) is 18.4 Å². The minimum Gasteiger partial charge on any atom is -0.384 e. The van der Waals surface area contributed by atoms with E-state index in [-0.39, 0.29) is 5.91 Å². The molecule has 134 valence electrons. The fourth-order valence-electron chi connectivity index (χ4n) is 3.23. The van der Waals surface area contributed by atoms with E-state index in [1.807, 2.05) is 17.2 Å². The Morgan fingerprint density at radius 3 is 3.00 bits per heavy atom. The molecule has 7 nitrogen and oxygen atoms in total. The summed E-state index contributed by atoms with van der Waals surface area (Å²) in [7, 11) is 2.08. The number of hydrogen-bond acceptors (Lipinski definition) is 7. The molecule has 0 aliphatic carbocycles. The molecule has 1 aliphatic heterocycles. The molecule has 2 N–H and O–H groups in total. The second-order valence-corrected chi connectivity index (χ2v) is 7.13. The summed E-state index contributed by atoms with van der Waals surface area (Å²) in [4.78, 5) is 25.5. The second kappa shape index (κ2) is 7.88. The van der Waals surface area contributed by atoms with Gasteiger partial charge in [-0.05, 0) is 50.8 Å². The van der Waals surface area contributed by atoms with E-state index in [4.69, 9.17) is 5.73 Å². The number of nitrogen functional groups attached to an aromatic ring is 1. The van der Waals surface area contributed by atoms with Crippen LogP contribution < -0.4 is 5.73 Å². The maximum atomic E-state index is 12.7. The first-order chi connectivity index (χ1) is 12.0. The molecule has 0 saturated carbocycles. The third-order valence-corrected chi connectivity index (χ3v) is 5.43. The zero-order valence-electron chi connectivity index (χ0n) is 14.7. The van der Waals surface area contributed by atoms with E-state index < -0.39 is 0 Å². The van der Waals surface area contributed by atoms with Crippen molar-refractivity contribution in [3.8, 4) is 0 Å². The Balaban J connectivity index is 1.59. The molecular weight excluding hydrogens is 336 g/mol. The lowest BCUT2D eigenvalue weighted by atomic mass is 10.1. The van der Waals surface area contributed by atoms with Crippen LogP contribution in [0, 0.1) is 6.92 Å². The summed E-state index contributed by atoms with van der Waals surface area (Å²) in [6.07, 6.45) is 4.69. The fraction of sp³-hybridized carbons (Fsp3) is 0.529. The maximum Gasteiger partial charge on any atom is 0.256 e. The molecule has 2 aromatic rings. The highest BCUT2D eigenvalue weighted by Gasteiger charge is 2.25. The van der Waals surface area contributed by atoms with Crippen LogP contribution in [0.25, 0.3) is 0 Å². The van der Waals surface area contributed by atoms with Gasteiger partial charge in [0, 0.05) is 30.7 Å². The number of rotatable bonds is 4. The van der Waals surface area contributed by atoms with E-state index >= 15 is 0 Å². The molecule has 2 aromatic heterocycles. The van der Waals surface area contributed by atoms with Gasteiger partial charge in [-0.15, -0.1) is 0 Å². The minimum absolute atomic E-state index is 0.105. The van der Waals surface area contributed by atoms with Crippen LogP contribution in [0.4, 0.5) is 5.82 Å². The van der Waals surface area contributed by atoms with E-state index in [1.54, 1.807) is 12.3 Å². The Morgan fingerprint density at radius 1 is 1.44 bits per heavy atom. The van der Waals surface area contributed by atoms with Gasteiger partial charge in [0.15, 0.2) is 0 Å². The van der Waals surface area contributed by atoms with Gasteiger partial charge in [-0.1, -0.05) is 0 Å². The first kappa shape index (κ1) is 17.8. The lowest BCUT2D eigenvalue weighted by Gasteiger charge is -2.26. The first-order valence-electron chi connectivity index (χ1n) is 8.52. The number of carbonyl (C=O) groups excluding carboxylic acids is 1. The molecule has 8 heteroatoms. The Hall–Kier alpha value is -2.06. The molecule has 0 unspecified atom stereocenters. The summed E-state index contributed by atoms with van der Waals surface area (Å²) in [5.74, 6) is 1.34. The average molecular weight is 360 g/mol. The van der Waals surface area contributed by atoms with Crippen molar-refractivity contribution < 1.29 is 4.79 Å². The van der Waals surface area contributed by atoms with E-state index in [1.165, 1.54) is 11.5 Å². The number of amides is 1. The fourth-order valence-corrected chi connectivity index (χ4v) is 3.92. The third kappa shape index (κ3) is 4.32. The molecule has 1 atom stereocenters. The van der Waals surface area contributed by atoms with Crippen molar-refractivity contribution in [1.82, 2.24) is 24.1 Å². The smallest absolute Gasteiger partial charge is 0.256 e. The third-order valence-electron chi connectivity index (χ3n) is 4.71. The normalized spacial score (nSPS) is 18.4. The van der Waals surface area contributed by atoms with Gasteiger partial charge >= 0.3 is 0 Å². The Kier molecular flexibility index (Phi) is 5.60. The largest absolute Gasteiger partial charge is 0.384 e. The van der Waals surface area contributed by atoms with Gasteiger partial charge < -0.3 is 10.6 Å². The number of aromatic nitrogens is 3. The van der Waals surface area contributed by atoms with Crippen LogP contribution in [-0.4, -0.2) is 56.2 Å². The van der Waals surface area contributed by atoms with Gasteiger partial charge in [-0.25, -0.2) is 9.97 Å². The highest BCUT2D eigenvalue weighted by atomic mass is 32.1. The van der Waals surface area contributed by atoms with Crippen LogP contribution in [0.2, 0.25) is 0 Å². The van der Waals surface area contributed by atoms with Crippen LogP contribution in [0.3, 0.4) is 0 Å². The van der Waals surface area contributed by atoms with Crippen LogP contribution in [0.1, 0.15) is 41.1 Å². The molecule has 1 fully saturated rings. The Morgan fingerprint density at radius 2 is 2.28 bits per heavy atom. The predicted octanol–water partition coefficient (Wildman–Crippen LogP) is 1.95. The number of carbonyl (C=O) groups is 1. The molecule has 1 aliphatic rings. The highest BCUT2D eigenvalue weighted by Crippen LogP contribution is 2.20. The molecule has 1 saturated heterocycles. The summed E-state index contributed by atoms with van der Waals surface area (Å²) >= 11 is 1.34. The zero-order chi connectivity index (χ0) is 17.8. The van der Waals surface area contributed by atoms with Crippen LogP contribution in [0.15, 0.2) is 17.6 Å². The summed E-state index contributed by atoms with van der Waals surface area (Å²) in [6.45, 7) is 4.12. The molecule has 0 radical (unpaired) electrons. The van der Waals surface area contributed by atoms with Gasteiger partial charge in [-0.3, -0.25) is 9.69 Å². The molecule has 25 heavy (non-hydrogen) atoms. The number of likely N-dealkylation sites (tertiary alicyclic amines) is 1. The Labute approximate surface area is 152 Å². The molecule has 0 bridgehead atoms. The highest BCUT2D eigenvalue weighted by molar-refractivity contribution is 7.03. The van der Waals surface area contributed by atoms with Crippen molar-refractivity contribution in [2.24, 2.45) is 0 Å². The van der Waals surface area contributed by atoms with Crippen LogP contribution in [-0.2, 0) is 6.54 Å². The van der Waals surface area contributed by atoms with Crippen molar-refractivity contribution in [2.75, 3.05) is 25.9 Å². The quantitative estimate of drug-likeness (QED) is 0.896. The van der Waals surface area contributed by atoms with E-state index in [0.717, 1.165) is 49.4 Å². The predicted molar refractivity (Wildman–Crippen MR) is 98.3 cm³/mol. The summed E-state index contributed by atoms with van der Waals surface area (Å²) in [5.41, 5.74) is 7.30. The molecule has 0 aromatic carbocycles. The average Bonchev–Trinajstić information content (AvgIpc) is 2.86. The van der Waals surface area contributed by atoms with Crippen LogP contribution >= 0.6 is 11.5 Å². The SMILES string of the molecule is Cc1nscc1C(=O)N1CCC[C@@H](N(C)Cc2nccc(N)n2)CC1. The number of hydrogen-bond donors (Lipinski definition) is 1. The van der Waals surface area contributed by atoms with Crippen LogP contribution in [0.5, 0.6) is 0 Å². The monoisotopic (exact) mass is 360 g/mol. The van der Waals surface area contributed by atoms with Gasteiger partial charge in [0.1, 0.15) is 11.6 Å². The maximum absolute atomic E-state index is 12.7. The summed E-state index contributed by atoms with van der Waals surface area (Å²) in [5, 5.41) is 1.85. The topological polar surface area (TPSA) is 88.2 Å². The molecule has 1 amide bonds. The molecule has 0 spiro atoms. The lowest BCUT2D eigenvalue weighted by Crippen LogP contribution is -2.35. The number of nitrogens with two attached hydrogens (primary N) is 1. The molecule has 3 rings (SSSR count). The van der Waals surface area contributed by atoms with Crippen molar-refractivity contribution in [3.05, 3.63) is 34.7 Å². The van der Waals surface area contributed by atoms with Crippen molar-refractivity contribution >= 4 is 23.3 Å². The molecule has 3 heterocycles. The van der Waals surface area contributed by atoms with Crippen molar-refractivity contribution in [2.45, 2.75) is 38.8 Å². The minimum atomic E-state index is 0.105. The van der Waals surface area contributed by atoms with E-state index in [2.05, 4.69) is 26.3 Å². The summed E-state index contributed by atoms with van der Waals surface area (Å²) in [6, 6.07) is 2.10. The lowest BCUT2D eigenvalue weighted by molar-refractivity contribution is 0.0757. The number of aryl methyl sites for hydroxylation is 1. The van der Waals surface area contributed by atoms with Gasteiger partial charge in [0.25, 0.3) is 5.91 Å². The van der Waals surface area contributed by atoms with Gasteiger partial charge in [-0.2, -0.15) is 4.37 Å². The van der Waals surface area contributed by atoms with E-state index in [9.17, 15) is 4.79 Å².